The maximum absolute atomic E-state index is 12.5. The van der Waals surface area contributed by atoms with Crippen molar-refractivity contribution < 1.29 is 19.1 Å². The molecule has 154 valence electrons. The first-order valence-corrected chi connectivity index (χ1v) is 9.82. The fraction of sp³-hybridized carbons (Fsp3) is 0.391. The van der Waals surface area contributed by atoms with E-state index >= 15 is 0 Å². The third-order valence-corrected chi connectivity index (χ3v) is 5.20. The van der Waals surface area contributed by atoms with Crippen molar-refractivity contribution in [3.05, 3.63) is 59.2 Å². The molecule has 1 atom stereocenters. The van der Waals surface area contributed by atoms with E-state index in [0.29, 0.717) is 37.6 Å². The van der Waals surface area contributed by atoms with Crippen molar-refractivity contribution >= 4 is 11.8 Å². The zero-order chi connectivity index (χ0) is 20.8. The van der Waals surface area contributed by atoms with E-state index in [4.69, 9.17) is 9.47 Å². The largest absolute Gasteiger partial charge is 0.493 e. The molecule has 1 heterocycles. The average Bonchev–Trinajstić information content (AvgIpc) is 3.08. The predicted octanol–water partition coefficient (Wildman–Crippen LogP) is 2.72. The molecule has 1 saturated heterocycles. The summed E-state index contributed by atoms with van der Waals surface area (Å²) < 4.78 is 10.5. The number of hydrogen-bond donors (Lipinski definition) is 1. The Balaban J connectivity index is 1.49. The van der Waals surface area contributed by atoms with Crippen LogP contribution in [0.2, 0.25) is 0 Å². The molecule has 1 aliphatic rings. The van der Waals surface area contributed by atoms with Gasteiger partial charge in [0.1, 0.15) is 0 Å². The molecule has 1 unspecified atom stereocenters. The van der Waals surface area contributed by atoms with E-state index in [0.717, 1.165) is 11.1 Å². The Labute approximate surface area is 171 Å². The van der Waals surface area contributed by atoms with Gasteiger partial charge < -0.3 is 19.7 Å². The van der Waals surface area contributed by atoms with Crippen LogP contribution in [0.3, 0.4) is 0 Å². The van der Waals surface area contributed by atoms with Crippen LogP contribution in [-0.4, -0.2) is 44.0 Å². The van der Waals surface area contributed by atoms with Gasteiger partial charge in [-0.3, -0.25) is 9.59 Å². The van der Waals surface area contributed by atoms with Crippen LogP contribution in [-0.2, 0) is 22.6 Å². The molecule has 1 N–H and O–H groups in total. The summed E-state index contributed by atoms with van der Waals surface area (Å²) in [5.74, 6) is 1.03. The van der Waals surface area contributed by atoms with Crippen molar-refractivity contribution in [2.45, 2.75) is 26.3 Å². The summed E-state index contributed by atoms with van der Waals surface area (Å²) in [5.41, 5.74) is 3.30. The van der Waals surface area contributed by atoms with Crippen LogP contribution in [0, 0.1) is 12.8 Å². The Kier molecular flexibility index (Phi) is 6.75. The van der Waals surface area contributed by atoms with Crippen molar-refractivity contribution in [3.8, 4) is 11.5 Å². The minimum Gasteiger partial charge on any atom is -0.493 e. The van der Waals surface area contributed by atoms with Crippen molar-refractivity contribution in [1.82, 2.24) is 10.2 Å². The highest BCUT2D eigenvalue weighted by Gasteiger charge is 2.34. The number of carbonyl (C=O) groups is 2. The van der Waals surface area contributed by atoms with E-state index in [1.165, 1.54) is 5.56 Å². The van der Waals surface area contributed by atoms with Gasteiger partial charge in [0.15, 0.2) is 11.5 Å². The SMILES string of the molecule is COc1ccc(CCNC(=O)C2CC(=O)N(Cc3cccc(C)c3)C2)cc1OC. The van der Waals surface area contributed by atoms with Gasteiger partial charge in [0.25, 0.3) is 0 Å². The molecule has 3 rings (SSSR count). The quantitative estimate of drug-likeness (QED) is 0.745. The van der Waals surface area contributed by atoms with Crippen LogP contribution in [0.15, 0.2) is 42.5 Å². The van der Waals surface area contributed by atoms with Crippen LogP contribution < -0.4 is 14.8 Å². The van der Waals surface area contributed by atoms with Crippen LogP contribution in [0.5, 0.6) is 11.5 Å². The number of aryl methyl sites for hydroxylation is 1. The summed E-state index contributed by atoms with van der Waals surface area (Å²) in [4.78, 5) is 26.6. The molecule has 2 amide bonds. The Bertz CT molecular complexity index is 881. The number of benzene rings is 2. The fourth-order valence-corrected chi connectivity index (χ4v) is 3.64. The van der Waals surface area contributed by atoms with E-state index in [1.54, 1.807) is 19.1 Å². The molecule has 2 aromatic carbocycles. The summed E-state index contributed by atoms with van der Waals surface area (Å²) in [6.07, 6.45) is 0.952. The Morgan fingerprint density at radius 2 is 1.90 bits per heavy atom. The van der Waals surface area contributed by atoms with Crippen LogP contribution in [0.25, 0.3) is 0 Å². The summed E-state index contributed by atoms with van der Waals surface area (Å²) in [7, 11) is 3.20. The van der Waals surface area contributed by atoms with Gasteiger partial charge in [-0.25, -0.2) is 0 Å². The van der Waals surface area contributed by atoms with Gasteiger partial charge in [0.05, 0.1) is 20.1 Å². The molecule has 0 aromatic heterocycles. The third-order valence-electron chi connectivity index (χ3n) is 5.20. The molecule has 1 aliphatic heterocycles. The normalized spacial score (nSPS) is 16.0. The molecule has 2 aromatic rings. The lowest BCUT2D eigenvalue weighted by molar-refractivity contribution is -0.129. The van der Waals surface area contributed by atoms with Gasteiger partial charge in [-0.1, -0.05) is 35.9 Å². The summed E-state index contributed by atoms with van der Waals surface area (Å²) in [5, 5.41) is 2.96. The minimum atomic E-state index is -0.294. The first-order chi connectivity index (χ1) is 14.0. The minimum absolute atomic E-state index is 0.0338. The average molecular weight is 396 g/mol. The zero-order valence-corrected chi connectivity index (χ0v) is 17.2. The number of hydrogen-bond acceptors (Lipinski definition) is 4. The fourth-order valence-electron chi connectivity index (χ4n) is 3.64. The first kappa shape index (κ1) is 20.7. The summed E-state index contributed by atoms with van der Waals surface area (Å²) >= 11 is 0. The number of likely N-dealkylation sites (tertiary alicyclic amines) is 1. The summed E-state index contributed by atoms with van der Waals surface area (Å²) in [6, 6.07) is 13.8. The predicted molar refractivity (Wildman–Crippen MR) is 111 cm³/mol. The second-order valence-electron chi connectivity index (χ2n) is 7.39. The number of methoxy groups -OCH3 is 2. The molecule has 0 saturated carbocycles. The van der Waals surface area contributed by atoms with Crippen molar-refractivity contribution in [1.29, 1.82) is 0 Å². The van der Waals surface area contributed by atoms with Crippen molar-refractivity contribution in [2.75, 3.05) is 27.3 Å². The Morgan fingerprint density at radius 3 is 2.62 bits per heavy atom. The number of nitrogens with one attached hydrogen (secondary N) is 1. The number of nitrogens with zero attached hydrogens (tertiary/aromatic N) is 1. The van der Waals surface area contributed by atoms with Crippen LogP contribution in [0.1, 0.15) is 23.1 Å². The van der Waals surface area contributed by atoms with E-state index in [-0.39, 0.29) is 24.2 Å². The van der Waals surface area contributed by atoms with Gasteiger partial charge in [0.2, 0.25) is 11.8 Å². The standard InChI is InChI=1S/C23H28N2O4/c1-16-5-4-6-18(11-16)14-25-15-19(13-22(25)26)23(27)24-10-9-17-7-8-20(28-2)21(12-17)29-3/h4-8,11-12,19H,9-10,13-15H2,1-3H3,(H,24,27). The number of ether oxygens (including phenoxy) is 2. The second-order valence-corrected chi connectivity index (χ2v) is 7.39. The topological polar surface area (TPSA) is 67.9 Å². The van der Waals surface area contributed by atoms with Gasteiger partial charge in [0, 0.05) is 26.1 Å². The molecular formula is C23H28N2O4. The maximum Gasteiger partial charge on any atom is 0.225 e. The van der Waals surface area contributed by atoms with E-state index in [9.17, 15) is 9.59 Å². The van der Waals surface area contributed by atoms with Gasteiger partial charge in [-0.15, -0.1) is 0 Å². The third kappa shape index (κ3) is 5.28. The molecule has 6 nitrogen and oxygen atoms in total. The van der Waals surface area contributed by atoms with E-state index in [2.05, 4.69) is 11.4 Å². The molecule has 0 bridgehead atoms. The van der Waals surface area contributed by atoms with Crippen molar-refractivity contribution in [3.63, 3.8) is 0 Å². The lowest BCUT2D eigenvalue weighted by atomic mass is 10.1. The monoisotopic (exact) mass is 396 g/mol. The van der Waals surface area contributed by atoms with Crippen molar-refractivity contribution in [2.24, 2.45) is 5.92 Å². The van der Waals surface area contributed by atoms with Crippen LogP contribution in [0.4, 0.5) is 0 Å². The second kappa shape index (κ2) is 9.45. The lowest BCUT2D eigenvalue weighted by Gasteiger charge is -2.17. The highest BCUT2D eigenvalue weighted by molar-refractivity contribution is 5.89. The smallest absolute Gasteiger partial charge is 0.225 e. The van der Waals surface area contributed by atoms with Gasteiger partial charge in [-0.05, 0) is 36.6 Å². The maximum atomic E-state index is 12.5. The summed E-state index contributed by atoms with van der Waals surface area (Å²) in [6.45, 7) is 3.56. The number of rotatable bonds is 8. The van der Waals surface area contributed by atoms with Gasteiger partial charge in [-0.2, -0.15) is 0 Å². The highest BCUT2D eigenvalue weighted by atomic mass is 16.5. The molecule has 0 spiro atoms. The Hall–Kier alpha value is -3.02. The molecule has 6 heteroatoms. The number of amides is 2. The van der Waals surface area contributed by atoms with Gasteiger partial charge >= 0.3 is 0 Å². The first-order valence-electron chi connectivity index (χ1n) is 9.82. The van der Waals surface area contributed by atoms with E-state index in [1.807, 2.05) is 43.3 Å². The number of carbonyl (C=O) groups excluding carboxylic acids is 2. The Morgan fingerprint density at radius 1 is 1.10 bits per heavy atom. The van der Waals surface area contributed by atoms with E-state index < -0.39 is 0 Å². The zero-order valence-electron chi connectivity index (χ0n) is 17.2. The molecule has 0 aliphatic carbocycles. The van der Waals surface area contributed by atoms with Crippen LogP contribution >= 0.6 is 0 Å². The molecule has 1 fully saturated rings. The molecule has 0 radical (unpaired) electrons. The molecule has 29 heavy (non-hydrogen) atoms. The highest BCUT2D eigenvalue weighted by Crippen LogP contribution is 2.27. The lowest BCUT2D eigenvalue weighted by Crippen LogP contribution is -2.34. The molecular weight excluding hydrogens is 368 g/mol.